The first-order valence-corrected chi connectivity index (χ1v) is 7.95. The lowest BCUT2D eigenvalue weighted by Crippen LogP contribution is -2.25. The van der Waals surface area contributed by atoms with Crippen LogP contribution in [0.25, 0.3) is 0 Å². The summed E-state index contributed by atoms with van der Waals surface area (Å²) in [7, 11) is 0. The number of carbonyl (C=O) groups is 2. The van der Waals surface area contributed by atoms with E-state index in [0.29, 0.717) is 12.3 Å². The maximum Gasteiger partial charge on any atom is 0.307 e. The van der Waals surface area contributed by atoms with Crippen molar-refractivity contribution in [2.75, 3.05) is 11.9 Å². The highest BCUT2D eigenvalue weighted by atomic mass is 16.6. The van der Waals surface area contributed by atoms with E-state index in [0.717, 1.165) is 11.3 Å². The van der Waals surface area contributed by atoms with E-state index in [9.17, 15) is 9.59 Å². The van der Waals surface area contributed by atoms with Gasteiger partial charge >= 0.3 is 5.97 Å². The minimum Gasteiger partial charge on any atom is -0.494 e. The fraction of sp³-hybridized carbons (Fsp3) is 0.263. The number of amides is 1. The number of anilines is 1. The molecule has 0 aliphatic carbocycles. The molecule has 0 radical (unpaired) electrons. The molecular formula is C19H19NO4. The molecule has 5 nitrogen and oxygen atoms in total. The highest BCUT2D eigenvalue weighted by molar-refractivity contribution is 5.96. The SMILES string of the molecule is CCOc1ccc(NC(=O)[C@H]2CC(=O)O[C@@H]2c2ccccc2)cc1. The number of hydrogen-bond acceptors (Lipinski definition) is 4. The summed E-state index contributed by atoms with van der Waals surface area (Å²) in [6, 6.07) is 16.5. The first-order chi connectivity index (χ1) is 11.7. The van der Waals surface area contributed by atoms with E-state index < -0.39 is 12.0 Å². The third kappa shape index (κ3) is 3.56. The van der Waals surface area contributed by atoms with Crippen LogP contribution in [0.15, 0.2) is 54.6 Å². The molecule has 0 bridgehead atoms. The molecule has 1 saturated heterocycles. The van der Waals surface area contributed by atoms with Gasteiger partial charge in [-0.05, 0) is 36.8 Å². The molecule has 2 atom stereocenters. The first-order valence-electron chi connectivity index (χ1n) is 7.95. The van der Waals surface area contributed by atoms with Gasteiger partial charge in [0.15, 0.2) is 0 Å². The fourth-order valence-electron chi connectivity index (χ4n) is 2.77. The van der Waals surface area contributed by atoms with E-state index in [-0.39, 0.29) is 18.3 Å². The molecule has 1 N–H and O–H groups in total. The van der Waals surface area contributed by atoms with Gasteiger partial charge in [-0.25, -0.2) is 0 Å². The molecule has 0 aromatic heterocycles. The van der Waals surface area contributed by atoms with Crippen molar-refractivity contribution in [3.05, 3.63) is 60.2 Å². The van der Waals surface area contributed by atoms with Crippen LogP contribution >= 0.6 is 0 Å². The summed E-state index contributed by atoms with van der Waals surface area (Å²) in [6.45, 7) is 2.50. The second kappa shape index (κ2) is 7.17. The fourth-order valence-corrected chi connectivity index (χ4v) is 2.77. The zero-order valence-corrected chi connectivity index (χ0v) is 13.4. The maximum atomic E-state index is 12.6. The molecule has 3 rings (SSSR count). The normalized spacial score (nSPS) is 19.6. The molecule has 2 aromatic rings. The zero-order chi connectivity index (χ0) is 16.9. The van der Waals surface area contributed by atoms with Gasteiger partial charge in [0.25, 0.3) is 0 Å². The topological polar surface area (TPSA) is 64.6 Å². The van der Waals surface area contributed by atoms with Crippen molar-refractivity contribution in [2.45, 2.75) is 19.4 Å². The highest BCUT2D eigenvalue weighted by Gasteiger charge is 2.40. The third-order valence-electron chi connectivity index (χ3n) is 3.91. The van der Waals surface area contributed by atoms with E-state index in [2.05, 4.69) is 5.32 Å². The highest BCUT2D eigenvalue weighted by Crippen LogP contribution is 2.36. The Bertz CT molecular complexity index is 712. The number of nitrogens with one attached hydrogen (secondary N) is 1. The average molecular weight is 325 g/mol. The van der Waals surface area contributed by atoms with Crippen LogP contribution < -0.4 is 10.1 Å². The van der Waals surface area contributed by atoms with Crippen molar-refractivity contribution >= 4 is 17.6 Å². The Hall–Kier alpha value is -2.82. The van der Waals surface area contributed by atoms with E-state index in [1.165, 1.54) is 0 Å². The molecule has 0 unspecified atom stereocenters. The number of esters is 1. The Morgan fingerprint density at radius 3 is 2.54 bits per heavy atom. The molecule has 2 aromatic carbocycles. The van der Waals surface area contributed by atoms with Gasteiger partial charge in [0.2, 0.25) is 5.91 Å². The molecule has 5 heteroatoms. The molecule has 124 valence electrons. The van der Waals surface area contributed by atoms with Gasteiger partial charge in [0.1, 0.15) is 11.9 Å². The van der Waals surface area contributed by atoms with Crippen LogP contribution in [0.4, 0.5) is 5.69 Å². The Kier molecular flexibility index (Phi) is 4.79. The molecule has 1 aliphatic heterocycles. The van der Waals surface area contributed by atoms with Crippen molar-refractivity contribution in [3.63, 3.8) is 0 Å². The average Bonchev–Trinajstić information content (AvgIpc) is 3.00. The Balaban J connectivity index is 1.72. The summed E-state index contributed by atoms with van der Waals surface area (Å²) in [5.41, 5.74) is 1.49. The number of rotatable bonds is 5. The number of cyclic esters (lactones) is 1. The number of benzene rings is 2. The van der Waals surface area contributed by atoms with Crippen LogP contribution in [0.1, 0.15) is 25.0 Å². The standard InChI is InChI=1S/C19H19NO4/c1-2-23-15-10-8-14(9-11-15)20-19(22)16-12-17(21)24-18(16)13-6-4-3-5-7-13/h3-11,16,18H,2,12H2,1H3,(H,20,22)/t16-,18+/m0/s1. The van der Waals surface area contributed by atoms with Gasteiger partial charge in [-0.1, -0.05) is 30.3 Å². The number of carbonyl (C=O) groups excluding carboxylic acids is 2. The Morgan fingerprint density at radius 2 is 1.88 bits per heavy atom. The van der Waals surface area contributed by atoms with Crippen LogP contribution in [-0.4, -0.2) is 18.5 Å². The monoisotopic (exact) mass is 325 g/mol. The largest absolute Gasteiger partial charge is 0.494 e. The summed E-state index contributed by atoms with van der Waals surface area (Å²) >= 11 is 0. The van der Waals surface area contributed by atoms with Crippen LogP contribution in [0.3, 0.4) is 0 Å². The van der Waals surface area contributed by atoms with Crippen LogP contribution in [0.5, 0.6) is 5.75 Å². The molecule has 0 saturated carbocycles. The molecular weight excluding hydrogens is 306 g/mol. The Labute approximate surface area is 140 Å². The summed E-state index contributed by atoms with van der Waals surface area (Å²) in [5.74, 6) is -0.363. The van der Waals surface area contributed by atoms with E-state index in [4.69, 9.17) is 9.47 Å². The zero-order valence-electron chi connectivity index (χ0n) is 13.4. The molecule has 1 amide bonds. The maximum absolute atomic E-state index is 12.6. The summed E-state index contributed by atoms with van der Waals surface area (Å²) < 4.78 is 10.7. The first kappa shape index (κ1) is 16.1. The van der Waals surface area contributed by atoms with Crippen molar-refractivity contribution in [3.8, 4) is 5.75 Å². The van der Waals surface area contributed by atoms with Gasteiger partial charge in [0, 0.05) is 5.69 Å². The molecule has 24 heavy (non-hydrogen) atoms. The van der Waals surface area contributed by atoms with Crippen molar-refractivity contribution in [1.29, 1.82) is 0 Å². The van der Waals surface area contributed by atoms with E-state index in [1.807, 2.05) is 37.3 Å². The summed E-state index contributed by atoms with van der Waals surface area (Å²) in [6.07, 6.45) is -0.455. The van der Waals surface area contributed by atoms with Gasteiger partial charge in [-0.3, -0.25) is 9.59 Å². The van der Waals surface area contributed by atoms with Gasteiger partial charge in [0.05, 0.1) is 18.9 Å². The van der Waals surface area contributed by atoms with Gasteiger partial charge in [-0.15, -0.1) is 0 Å². The van der Waals surface area contributed by atoms with Crippen molar-refractivity contribution in [1.82, 2.24) is 0 Å². The lowest BCUT2D eigenvalue weighted by Gasteiger charge is -2.17. The van der Waals surface area contributed by atoms with Crippen LogP contribution in [0, 0.1) is 5.92 Å². The summed E-state index contributed by atoms with van der Waals surface area (Å²) in [5, 5.41) is 2.85. The Morgan fingerprint density at radius 1 is 1.17 bits per heavy atom. The predicted molar refractivity (Wildman–Crippen MR) is 89.6 cm³/mol. The minimum atomic E-state index is -0.540. The van der Waals surface area contributed by atoms with E-state index in [1.54, 1.807) is 24.3 Å². The number of hydrogen-bond donors (Lipinski definition) is 1. The molecule has 1 aliphatic rings. The van der Waals surface area contributed by atoms with Gasteiger partial charge < -0.3 is 14.8 Å². The second-order valence-corrected chi connectivity index (χ2v) is 5.58. The van der Waals surface area contributed by atoms with Crippen LogP contribution in [-0.2, 0) is 14.3 Å². The predicted octanol–water partition coefficient (Wildman–Crippen LogP) is 3.33. The van der Waals surface area contributed by atoms with Crippen LogP contribution in [0.2, 0.25) is 0 Å². The minimum absolute atomic E-state index is 0.0857. The molecule has 1 heterocycles. The molecule has 0 spiro atoms. The van der Waals surface area contributed by atoms with Crippen molar-refractivity contribution in [2.24, 2.45) is 5.92 Å². The summed E-state index contributed by atoms with van der Waals surface area (Å²) in [4.78, 5) is 24.3. The van der Waals surface area contributed by atoms with Crippen molar-refractivity contribution < 1.29 is 19.1 Å². The third-order valence-corrected chi connectivity index (χ3v) is 3.91. The quantitative estimate of drug-likeness (QED) is 0.857. The number of ether oxygens (including phenoxy) is 2. The lowest BCUT2D eigenvalue weighted by molar-refractivity contribution is -0.141. The lowest BCUT2D eigenvalue weighted by atomic mass is 9.94. The van der Waals surface area contributed by atoms with E-state index >= 15 is 0 Å². The second-order valence-electron chi connectivity index (χ2n) is 5.58. The molecule has 1 fully saturated rings. The van der Waals surface area contributed by atoms with Gasteiger partial charge in [-0.2, -0.15) is 0 Å². The smallest absolute Gasteiger partial charge is 0.307 e.